The number of rotatable bonds is 8. The minimum absolute atomic E-state index is 0. The molecule has 1 aliphatic heterocycles. The predicted octanol–water partition coefficient (Wildman–Crippen LogP) is 4.56. The fourth-order valence-corrected chi connectivity index (χ4v) is 6.33. The number of nitrogens with two attached hydrogens (primary N) is 1. The summed E-state index contributed by atoms with van der Waals surface area (Å²) in [6.07, 6.45) is 0.0822. The molecule has 2 aromatic heterocycles. The Labute approximate surface area is 276 Å². The number of aliphatic imine (C=N–C) groups is 1. The van der Waals surface area contributed by atoms with Gasteiger partial charge < -0.3 is 21.5 Å². The van der Waals surface area contributed by atoms with Crippen molar-refractivity contribution in [3.8, 4) is 16.8 Å². The summed E-state index contributed by atoms with van der Waals surface area (Å²) in [4.78, 5) is 32.1. The van der Waals surface area contributed by atoms with E-state index in [0.717, 1.165) is 32.3 Å². The van der Waals surface area contributed by atoms with Gasteiger partial charge in [-0.3, -0.25) is 19.1 Å². The van der Waals surface area contributed by atoms with Crippen molar-refractivity contribution in [2.45, 2.75) is 46.3 Å². The van der Waals surface area contributed by atoms with Gasteiger partial charge in [0.15, 0.2) is 5.82 Å². The summed E-state index contributed by atoms with van der Waals surface area (Å²) in [5, 5.41) is 25.7. The number of carbonyl (C=O) groups is 2. The van der Waals surface area contributed by atoms with Crippen molar-refractivity contribution in [1.29, 1.82) is 0 Å². The van der Waals surface area contributed by atoms with E-state index in [-0.39, 0.29) is 56.8 Å². The number of aryl methyl sites for hydroxylation is 2. The van der Waals surface area contributed by atoms with Crippen LogP contribution in [0.4, 0.5) is 5.69 Å². The second kappa shape index (κ2) is 14.8. The van der Waals surface area contributed by atoms with E-state index < -0.39 is 6.04 Å². The van der Waals surface area contributed by atoms with Gasteiger partial charge in [0.2, 0.25) is 11.8 Å². The third-order valence-electron chi connectivity index (χ3n) is 7.29. The molecule has 0 aliphatic carbocycles. The van der Waals surface area contributed by atoms with E-state index in [1.807, 2.05) is 35.8 Å². The maximum absolute atomic E-state index is 13.2. The molecule has 10 nitrogen and oxygen atoms in total. The molecular formula is C32H33Cl2N7O3S. The molecule has 5 rings (SSSR count). The maximum atomic E-state index is 13.2. The monoisotopic (exact) mass is 665 g/mol. The second-order valence-corrected chi connectivity index (χ2v) is 11.9. The van der Waals surface area contributed by atoms with Crippen LogP contribution >= 0.6 is 35.3 Å². The first-order valence-corrected chi connectivity index (χ1v) is 15.2. The molecule has 5 N–H and O–H groups in total. The van der Waals surface area contributed by atoms with Crippen molar-refractivity contribution in [1.82, 2.24) is 20.1 Å². The topological polar surface area (TPSA) is 148 Å². The smallest absolute Gasteiger partial charge is 0.226 e. The normalized spacial score (nSPS) is 13.3. The summed E-state index contributed by atoms with van der Waals surface area (Å²) in [7, 11) is 0. The molecule has 4 aromatic rings. The number of aliphatic hydroxyl groups excluding tert-OH is 1. The quantitative estimate of drug-likeness (QED) is 0.203. The third-order valence-corrected chi connectivity index (χ3v) is 8.74. The predicted molar refractivity (Wildman–Crippen MR) is 180 cm³/mol. The highest BCUT2D eigenvalue weighted by Gasteiger charge is 2.32. The first-order chi connectivity index (χ1) is 21.2. The second-order valence-electron chi connectivity index (χ2n) is 10.3. The number of carbonyl (C=O) groups excluding carboxylic acids is 2. The van der Waals surface area contributed by atoms with Crippen LogP contribution in [-0.4, -0.2) is 50.5 Å². The molecule has 0 saturated carbocycles. The van der Waals surface area contributed by atoms with Crippen molar-refractivity contribution in [3.63, 3.8) is 0 Å². The van der Waals surface area contributed by atoms with Crippen LogP contribution in [0, 0.1) is 32.6 Å². The van der Waals surface area contributed by atoms with Gasteiger partial charge in [0, 0.05) is 45.2 Å². The zero-order valence-electron chi connectivity index (χ0n) is 25.0. The molecule has 13 heteroatoms. The summed E-state index contributed by atoms with van der Waals surface area (Å²) in [5.41, 5.74) is 10.9. The maximum Gasteiger partial charge on any atom is 0.226 e. The summed E-state index contributed by atoms with van der Waals surface area (Å²) in [5.74, 6) is 6.40. The van der Waals surface area contributed by atoms with Crippen LogP contribution < -0.4 is 16.4 Å². The highest BCUT2D eigenvalue weighted by atomic mass is 35.5. The van der Waals surface area contributed by atoms with E-state index in [9.17, 15) is 14.7 Å². The lowest BCUT2D eigenvalue weighted by Crippen LogP contribution is -2.29. The van der Waals surface area contributed by atoms with Crippen molar-refractivity contribution >= 4 is 58.6 Å². The number of anilines is 1. The summed E-state index contributed by atoms with van der Waals surface area (Å²) in [6.45, 7) is 6.15. The molecule has 0 bridgehead atoms. The molecule has 45 heavy (non-hydrogen) atoms. The number of amides is 2. The third kappa shape index (κ3) is 7.44. The minimum Gasteiger partial charge on any atom is -0.392 e. The molecule has 0 spiro atoms. The highest BCUT2D eigenvalue weighted by Crippen LogP contribution is 2.39. The first-order valence-electron chi connectivity index (χ1n) is 14.1. The number of nitrogens with one attached hydrogen (secondary N) is 2. The number of halogens is 2. The fourth-order valence-electron chi connectivity index (χ4n) is 4.99. The number of thiophene rings is 1. The molecule has 1 aliphatic rings. The Morgan fingerprint density at radius 2 is 1.87 bits per heavy atom. The largest absolute Gasteiger partial charge is 0.392 e. The Morgan fingerprint density at radius 3 is 2.58 bits per heavy atom. The van der Waals surface area contributed by atoms with Gasteiger partial charge in [0.25, 0.3) is 0 Å². The van der Waals surface area contributed by atoms with Crippen LogP contribution in [0.25, 0.3) is 5.00 Å². The van der Waals surface area contributed by atoms with E-state index in [4.69, 9.17) is 22.3 Å². The Kier molecular flexibility index (Phi) is 11.1. The minimum atomic E-state index is -0.604. The Hall–Kier alpha value is -4.05. The zero-order chi connectivity index (χ0) is 31.4. The zero-order valence-corrected chi connectivity index (χ0v) is 27.4. The Balaban J connectivity index is 0.00000461. The molecular weight excluding hydrogens is 633 g/mol. The van der Waals surface area contributed by atoms with Crippen molar-refractivity contribution in [2.24, 2.45) is 10.7 Å². The number of aliphatic hydroxyl groups is 1. The van der Waals surface area contributed by atoms with Crippen LogP contribution in [0.15, 0.2) is 47.5 Å². The van der Waals surface area contributed by atoms with Gasteiger partial charge in [-0.25, -0.2) is 0 Å². The van der Waals surface area contributed by atoms with Gasteiger partial charge >= 0.3 is 0 Å². The number of hydrogen-bond acceptors (Lipinski definition) is 8. The highest BCUT2D eigenvalue weighted by molar-refractivity contribution is 7.15. The summed E-state index contributed by atoms with van der Waals surface area (Å²) >= 11 is 7.83. The number of aromatic nitrogens is 3. The van der Waals surface area contributed by atoms with Gasteiger partial charge in [-0.2, -0.15) is 0 Å². The van der Waals surface area contributed by atoms with Crippen LogP contribution in [0.5, 0.6) is 0 Å². The molecule has 0 saturated heterocycles. The number of hydrogen-bond donors (Lipinski definition) is 4. The fraction of sp³-hybridized carbons (Fsp3) is 0.281. The van der Waals surface area contributed by atoms with Crippen LogP contribution in [0.1, 0.15) is 63.2 Å². The summed E-state index contributed by atoms with van der Waals surface area (Å²) in [6, 6.07) is 12.0. The molecule has 2 amide bonds. The average Bonchev–Trinajstić information content (AvgIpc) is 3.48. The molecule has 234 valence electrons. The Morgan fingerprint density at radius 1 is 1.11 bits per heavy atom. The Bertz CT molecular complexity index is 1820. The summed E-state index contributed by atoms with van der Waals surface area (Å²) < 4.78 is 1.99. The molecule has 0 radical (unpaired) electrons. The van der Waals surface area contributed by atoms with Gasteiger partial charge in [-0.1, -0.05) is 35.6 Å². The lowest BCUT2D eigenvalue weighted by atomic mass is 9.99. The molecule has 3 heterocycles. The van der Waals surface area contributed by atoms with Crippen molar-refractivity contribution < 1.29 is 14.7 Å². The van der Waals surface area contributed by atoms with E-state index >= 15 is 0 Å². The van der Waals surface area contributed by atoms with E-state index in [1.54, 1.807) is 29.5 Å². The molecule has 0 fully saturated rings. The van der Waals surface area contributed by atoms with Crippen LogP contribution in [0.2, 0.25) is 5.02 Å². The van der Waals surface area contributed by atoms with Gasteiger partial charge in [0.05, 0.1) is 25.3 Å². The van der Waals surface area contributed by atoms with Gasteiger partial charge in [0.1, 0.15) is 16.9 Å². The molecule has 1 atom stereocenters. The van der Waals surface area contributed by atoms with Crippen molar-refractivity contribution in [3.05, 3.63) is 91.8 Å². The number of fused-ring (bicyclic) bond motifs is 3. The van der Waals surface area contributed by atoms with E-state index in [2.05, 4.69) is 46.5 Å². The number of nitrogens with zero attached hydrogens (tertiary/aromatic N) is 4. The molecule has 1 unspecified atom stereocenters. The van der Waals surface area contributed by atoms with Gasteiger partial charge in [-0.05, 0) is 62.2 Å². The number of benzene rings is 2. The van der Waals surface area contributed by atoms with Crippen LogP contribution in [-0.2, 0) is 16.2 Å². The SMILES string of the molecule is Cc1sc2c(c1C)C(c1ccc(Cl)cc1)=NC(CC(=O)NCCC(=O)Nc1ccc(C#CCN)c(CO)c1)c1nnc(C)n1-2.Cl. The lowest BCUT2D eigenvalue weighted by molar-refractivity contribution is -0.121. The van der Waals surface area contributed by atoms with Crippen LogP contribution in [0.3, 0.4) is 0 Å². The van der Waals surface area contributed by atoms with Gasteiger partial charge in [-0.15, -0.1) is 33.9 Å². The first kappa shape index (κ1) is 33.8. The standard InChI is InChI=1S/C32H32ClN7O3S.ClH/c1-18-19(2)44-32-29(18)30(22-6-9-24(33)10-7-22)37-26(31-39-38-20(3)40(31)32)16-28(43)35-14-12-27(42)36-25-11-8-21(5-4-13-34)23(15-25)17-41;/h6-11,15,26,41H,12-14,16-17,34H2,1-3H3,(H,35,43)(H,36,42);1H. The van der Waals surface area contributed by atoms with E-state index in [1.165, 1.54) is 0 Å². The molecule has 2 aromatic carbocycles. The van der Waals surface area contributed by atoms with E-state index in [0.29, 0.717) is 33.5 Å². The average molecular weight is 667 g/mol. The van der Waals surface area contributed by atoms with Crippen molar-refractivity contribution in [2.75, 3.05) is 18.4 Å². The lowest BCUT2D eigenvalue weighted by Gasteiger charge is -2.13.